The minimum Gasteiger partial charge on any atom is -0.462 e. The number of allylic oxidation sites excluding steroid dienone is 24. The highest BCUT2D eigenvalue weighted by molar-refractivity contribution is 5.71. The number of carbonyl (C=O) groups is 3. The molecule has 0 aromatic rings. The van der Waals surface area contributed by atoms with Crippen molar-refractivity contribution < 1.29 is 28.6 Å². The molecular weight excluding hydrogens is 853 g/mol. The van der Waals surface area contributed by atoms with Crippen LogP contribution in [-0.4, -0.2) is 37.2 Å². The van der Waals surface area contributed by atoms with Gasteiger partial charge in [0, 0.05) is 19.3 Å². The highest BCUT2D eigenvalue weighted by Crippen LogP contribution is 2.10. The first kappa shape index (κ1) is 64.3. The number of esters is 3. The van der Waals surface area contributed by atoms with Crippen molar-refractivity contribution in [2.75, 3.05) is 13.2 Å². The Bertz CT molecular complexity index is 1560. The molecule has 0 heterocycles. The molecule has 0 spiro atoms. The van der Waals surface area contributed by atoms with Gasteiger partial charge >= 0.3 is 17.9 Å². The van der Waals surface area contributed by atoms with Crippen LogP contribution in [0.1, 0.15) is 213 Å². The smallest absolute Gasteiger partial charge is 0.306 e. The molecule has 0 N–H and O–H groups in total. The van der Waals surface area contributed by atoms with Crippen LogP contribution in [0.2, 0.25) is 0 Å². The van der Waals surface area contributed by atoms with Gasteiger partial charge in [0.1, 0.15) is 13.2 Å². The maximum atomic E-state index is 12.8. The van der Waals surface area contributed by atoms with Gasteiger partial charge in [-0.1, -0.05) is 212 Å². The van der Waals surface area contributed by atoms with Crippen LogP contribution >= 0.6 is 0 Å². The van der Waals surface area contributed by atoms with Crippen molar-refractivity contribution in [1.29, 1.82) is 0 Å². The Morgan fingerprint density at radius 2 is 0.609 bits per heavy atom. The minimum atomic E-state index is -0.862. The number of hydrogen-bond acceptors (Lipinski definition) is 6. The quantitative estimate of drug-likeness (QED) is 0.0262. The summed E-state index contributed by atoms with van der Waals surface area (Å²) >= 11 is 0. The third-order valence-corrected chi connectivity index (χ3v) is 10.8. The molecule has 0 aromatic heterocycles. The SMILES string of the molecule is CC/C=C\C/C=C\C/C=C\C/C=C\CCCCC(=O)OC[C@H](COC(=O)CCC/C=C\C/C=C\C/C=C\CCCCCCCC)OC(=O)CC/C=C\C/C=C\C/C=C\C/C=C\C/C=C\CCCCC. The molecule has 0 aliphatic rings. The van der Waals surface area contributed by atoms with E-state index < -0.39 is 12.1 Å². The molecule has 0 aliphatic heterocycles. The second-order valence-corrected chi connectivity index (χ2v) is 17.4. The molecule has 0 aromatic carbocycles. The first-order valence-electron chi connectivity index (χ1n) is 27.3. The third-order valence-electron chi connectivity index (χ3n) is 10.8. The Labute approximate surface area is 423 Å². The van der Waals surface area contributed by atoms with E-state index in [0.29, 0.717) is 19.3 Å². The molecule has 0 saturated heterocycles. The Kier molecular flexibility index (Phi) is 52.1. The fraction of sp³-hybridized carbons (Fsp3) is 0.571. The van der Waals surface area contributed by atoms with Crippen molar-refractivity contribution in [3.63, 3.8) is 0 Å². The molecule has 0 radical (unpaired) electrons. The molecule has 69 heavy (non-hydrogen) atoms. The van der Waals surface area contributed by atoms with Crippen molar-refractivity contribution in [3.8, 4) is 0 Å². The first-order valence-corrected chi connectivity index (χ1v) is 27.3. The van der Waals surface area contributed by atoms with Gasteiger partial charge in [-0.05, 0) is 128 Å². The van der Waals surface area contributed by atoms with Gasteiger partial charge in [-0.15, -0.1) is 0 Å². The Hall–Kier alpha value is -4.71. The van der Waals surface area contributed by atoms with E-state index in [4.69, 9.17) is 14.2 Å². The zero-order valence-electron chi connectivity index (χ0n) is 44.0. The van der Waals surface area contributed by atoms with Gasteiger partial charge < -0.3 is 14.2 Å². The maximum absolute atomic E-state index is 12.8. The van der Waals surface area contributed by atoms with Crippen LogP contribution in [-0.2, 0) is 28.6 Å². The zero-order chi connectivity index (χ0) is 50.0. The summed E-state index contributed by atoms with van der Waals surface area (Å²) in [5.41, 5.74) is 0. The van der Waals surface area contributed by atoms with E-state index >= 15 is 0 Å². The molecule has 0 rings (SSSR count). The molecule has 386 valence electrons. The summed E-state index contributed by atoms with van der Waals surface area (Å²) in [6.07, 6.45) is 80.0. The van der Waals surface area contributed by atoms with Gasteiger partial charge in [0.25, 0.3) is 0 Å². The Morgan fingerprint density at radius 1 is 0.304 bits per heavy atom. The second kappa shape index (κ2) is 55.9. The lowest BCUT2D eigenvalue weighted by atomic mass is 10.1. The molecule has 6 heteroatoms. The van der Waals surface area contributed by atoms with Crippen molar-refractivity contribution in [2.24, 2.45) is 0 Å². The van der Waals surface area contributed by atoms with Crippen LogP contribution in [0.4, 0.5) is 0 Å². The van der Waals surface area contributed by atoms with Crippen LogP contribution in [0.5, 0.6) is 0 Å². The molecule has 0 amide bonds. The van der Waals surface area contributed by atoms with Gasteiger partial charge in [-0.3, -0.25) is 14.4 Å². The van der Waals surface area contributed by atoms with Gasteiger partial charge in [0.05, 0.1) is 0 Å². The van der Waals surface area contributed by atoms with Crippen molar-refractivity contribution in [2.45, 2.75) is 219 Å². The molecule has 0 unspecified atom stereocenters. The predicted octanol–water partition coefficient (Wildman–Crippen LogP) is 18.4. The van der Waals surface area contributed by atoms with Crippen LogP contribution < -0.4 is 0 Å². The monoisotopic (exact) mass is 951 g/mol. The zero-order valence-corrected chi connectivity index (χ0v) is 44.0. The van der Waals surface area contributed by atoms with E-state index in [1.165, 1.54) is 70.6 Å². The van der Waals surface area contributed by atoms with E-state index in [2.05, 4.69) is 154 Å². The number of ether oxygens (including phenoxy) is 3. The topological polar surface area (TPSA) is 78.9 Å². The van der Waals surface area contributed by atoms with Crippen LogP contribution in [0.25, 0.3) is 0 Å². The van der Waals surface area contributed by atoms with Gasteiger partial charge in [-0.2, -0.15) is 0 Å². The molecule has 0 aliphatic carbocycles. The summed E-state index contributed by atoms with van der Waals surface area (Å²) in [7, 11) is 0. The van der Waals surface area contributed by atoms with Crippen LogP contribution in [0, 0.1) is 0 Å². The van der Waals surface area contributed by atoms with E-state index in [0.717, 1.165) is 83.5 Å². The Morgan fingerprint density at radius 3 is 1.03 bits per heavy atom. The summed E-state index contributed by atoms with van der Waals surface area (Å²) < 4.78 is 16.7. The minimum absolute atomic E-state index is 0.151. The molecule has 1 atom stereocenters. The summed E-state index contributed by atoms with van der Waals surface area (Å²) in [4.78, 5) is 38.0. The second-order valence-electron chi connectivity index (χ2n) is 17.4. The van der Waals surface area contributed by atoms with Crippen molar-refractivity contribution in [3.05, 3.63) is 146 Å². The summed E-state index contributed by atoms with van der Waals surface area (Å²) in [5, 5.41) is 0. The highest BCUT2D eigenvalue weighted by atomic mass is 16.6. The first-order chi connectivity index (χ1) is 34.0. The van der Waals surface area contributed by atoms with E-state index in [-0.39, 0.29) is 44.4 Å². The summed E-state index contributed by atoms with van der Waals surface area (Å²) in [6.45, 7) is 6.32. The number of carbonyl (C=O) groups excluding carboxylic acids is 3. The standard InChI is InChI=1S/C63H98O6/c1-4-7-10-13-16-19-22-25-28-30-31-33-36-39-42-45-48-51-54-57-63(66)69-60(58-67-61(64)55-52-49-46-43-40-37-34-27-24-21-18-15-12-9-6-3)59-68-62(65)56-53-50-47-44-41-38-35-32-29-26-23-20-17-14-11-8-5-2/h9,12,16,18-19,21,25-29,31,33-35,38-40,42-44,47-48,51,60H,4-8,10-11,13-15,17,20,22-24,30,32,36-37,41,45-46,49-50,52-59H2,1-3H3/b12-9-,19-16-,21-18-,28-25-,29-26-,33-31-,34-27-,38-35-,42-39-,43-40-,47-44-,51-48-/t60-/m1/s1. The average molecular weight is 951 g/mol. The molecule has 6 nitrogen and oxygen atoms in total. The lowest BCUT2D eigenvalue weighted by Gasteiger charge is -2.18. The highest BCUT2D eigenvalue weighted by Gasteiger charge is 2.19. The van der Waals surface area contributed by atoms with Crippen molar-refractivity contribution >= 4 is 17.9 Å². The van der Waals surface area contributed by atoms with Crippen LogP contribution in [0.3, 0.4) is 0 Å². The van der Waals surface area contributed by atoms with Gasteiger partial charge in [-0.25, -0.2) is 0 Å². The summed E-state index contributed by atoms with van der Waals surface area (Å²) in [6, 6.07) is 0. The fourth-order valence-corrected chi connectivity index (χ4v) is 6.72. The lowest BCUT2D eigenvalue weighted by molar-refractivity contribution is -0.166. The number of rotatable bonds is 47. The molecule has 0 fully saturated rings. The lowest BCUT2D eigenvalue weighted by Crippen LogP contribution is -2.30. The van der Waals surface area contributed by atoms with E-state index in [9.17, 15) is 14.4 Å². The number of unbranched alkanes of at least 4 members (excludes halogenated alkanes) is 12. The third kappa shape index (κ3) is 54.1. The molecule has 0 saturated carbocycles. The largest absolute Gasteiger partial charge is 0.462 e. The van der Waals surface area contributed by atoms with E-state index in [1.54, 1.807) is 0 Å². The van der Waals surface area contributed by atoms with Gasteiger partial charge in [0.2, 0.25) is 0 Å². The Balaban J connectivity index is 4.67. The number of hydrogen-bond donors (Lipinski definition) is 0. The predicted molar refractivity (Wildman–Crippen MR) is 297 cm³/mol. The van der Waals surface area contributed by atoms with E-state index in [1.807, 2.05) is 12.2 Å². The van der Waals surface area contributed by atoms with Crippen LogP contribution in [0.15, 0.2) is 146 Å². The maximum Gasteiger partial charge on any atom is 0.306 e. The fourth-order valence-electron chi connectivity index (χ4n) is 6.72. The van der Waals surface area contributed by atoms with Gasteiger partial charge in [0.15, 0.2) is 6.10 Å². The summed E-state index contributed by atoms with van der Waals surface area (Å²) in [5.74, 6) is -1.14. The normalized spacial score (nSPS) is 13.3. The van der Waals surface area contributed by atoms with Crippen molar-refractivity contribution in [1.82, 2.24) is 0 Å². The average Bonchev–Trinajstić information content (AvgIpc) is 3.35. The molecule has 0 bridgehead atoms. The molecular formula is C63H98O6.